The Kier molecular flexibility index (Phi) is 6.11. The predicted molar refractivity (Wildman–Crippen MR) is 107 cm³/mol. The molecule has 3 aromatic rings. The molecule has 0 saturated carbocycles. The Morgan fingerprint density at radius 2 is 1.71 bits per heavy atom. The van der Waals surface area contributed by atoms with E-state index in [-0.39, 0.29) is 10.7 Å². The summed E-state index contributed by atoms with van der Waals surface area (Å²) in [5, 5.41) is 7.21. The van der Waals surface area contributed by atoms with Crippen molar-refractivity contribution in [2.45, 2.75) is 26.5 Å². The Labute approximate surface area is 168 Å². The van der Waals surface area contributed by atoms with Gasteiger partial charge in [-0.3, -0.25) is 4.79 Å². The van der Waals surface area contributed by atoms with E-state index < -0.39 is 18.0 Å². The second kappa shape index (κ2) is 8.71. The average molecular weight is 398 g/mol. The molecule has 0 fully saturated rings. The number of rotatable bonds is 6. The van der Waals surface area contributed by atoms with Gasteiger partial charge in [-0.05, 0) is 31.5 Å². The van der Waals surface area contributed by atoms with Crippen LogP contribution in [0.1, 0.15) is 28.5 Å². The number of halogens is 1. The van der Waals surface area contributed by atoms with Gasteiger partial charge in [0.15, 0.2) is 6.10 Å². The van der Waals surface area contributed by atoms with E-state index in [0.717, 1.165) is 5.56 Å². The van der Waals surface area contributed by atoms with Crippen LogP contribution in [0.4, 0.5) is 5.69 Å². The minimum Gasteiger partial charge on any atom is -0.449 e. The highest BCUT2D eigenvalue weighted by atomic mass is 35.5. The first-order valence-electron chi connectivity index (χ1n) is 8.79. The lowest BCUT2D eigenvalue weighted by Gasteiger charge is -2.13. The summed E-state index contributed by atoms with van der Waals surface area (Å²) in [6.07, 6.45) is -0.986. The molecular weight excluding hydrogens is 378 g/mol. The number of ether oxygens (including phenoxy) is 1. The van der Waals surface area contributed by atoms with Crippen molar-refractivity contribution in [3.8, 4) is 0 Å². The molecule has 7 heteroatoms. The van der Waals surface area contributed by atoms with Crippen molar-refractivity contribution >= 4 is 29.2 Å². The molecule has 0 aliphatic heterocycles. The quantitative estimate of drug-likeness (QED) is 0.636. The molecule has 1 amide bonds. The van der Waals surface area contributed by atoms with Gasteiger partial charge in [0.25, 0.3) is 5.91 Å². The van der Waals surface area contributed by atoms with E-state index in [1.54, 1.807) is 31.2 Å². The molecule has 1 unspecified atom stereocenters. The Hall–Kier alpha value is -3.12. The third-order valence-electron chi connectivity index (χ3n) is 4.14. The zero-order valence-corrected chi connectivity index (χ0v) is 16.3. The minimum absolute atomic E-state index is 0.164. The van der Waals surface area contributed by atoms with Crippen molar-refractivity contribution in [3.63, 3.8) is 0 Å². The number of aryl methyl sites for hydroxylation is 1. The van der Waals surface area contributed by atoms with Gasteiger partial charge in [0.1, 0.15) is 10.7 Å². The first-order chi connectivity index (χ1) is 13.5. The lowest BCUT2D eigenvalue weighted by Crippen LogP contribution is -2.30. The second-order valence-corrected chi connectivity index (χ2v) is 6.66. The van der Waals surface area contributed by atoms with Gasteiger partial charge in [0.05, 0.1) is 12.2 Å². The van der Waals surface area contributed by atoms with Crippen molar-refractivity contribution in [3.05, 3.63) is 82.6 Å². The largest absolute Gasteiger partial charge is 0.449 e. The van der Waals surface area contributed by atoms with Crippen LogP contribution in [0.5, 0.6) is 0 Å². The molecule has 1 atom stereocenters. The molecule has 0 spiro atoms. The van der Waals surface area contributed by atoms with Crippen molar-refractivity contribution in [1.29, 1.82) is 0 Å². The maximum absolute atomic E-state index is 12.6. The van der Waals surface area contributed by atoms with Gasteiger partial charge in [-0.2, -0.15) is 5.10 Å². The maximum atomic E-state index is 12.6. The Bertz CT molecular complexity index is 971. The highest BCUT2D eigenvalue weighted by molar-refractivity contribution is 6.32. The van der Waals surface area contributed by atoms with Gasteiger partial charge in [0.2, 0.25) is 0 Å². The van der Waals surface area contributed by atoms with Gasteiger partial charge >= 0.3 is 5.97 Å². The zero-order chi connectivity index (χ0) is 20.1. The van der Waals surface area contributed by atoms with Crippen LogP contribution in [0.3, 0.4) is 0 Å². The number of anilines is 1. The number of hydrogen-bond donors (Lipinski definition) is 1. The van der Waals surface area contributed by atoms with Crippen LogP contribution in [0, 0.1) is 6.92 Å². The van der Waals surface area contributed by atoms with Crippen LogP contribution in [0.25, 0.3) is 0 Å². The second-order valence-electron chi connectivity index (χ2n) is 6.30. The number of nitrogens with zero attached hydrogens (tertiary/aromatic N) is 2. The summed E-state index contributed by atoms with van der Waals surface area (Å²) < 4.78 is 6.85. The number of carbonyl (C=O) groups excluding carboxylic acids is 2. The molecule has 0 bridgehead atoms. The molecule has 2 aromatic carbocycles. The lowest BCUT2D eigenvalue weighted by molar-refractivity contribution is -0.123. The topological polar surface area (TPSA) is 73.2 Å². The first-order valence-corrected chi connectivity index (χ1v) is 9.17. The highest BCUT2D eigenvalue weighted by Gasteiger charge is 2.25. The fourth-order valence-electron chi connectivity index (χ4n) is 2.68. The van der Waals surface area contributed by atoms with Crippen LogP contribution in [0.2, 0.25) is 5.15 Å². The minimum atomic E-state index is -0.986. The predicted octanol–water partition coefficient (Wildman–Crippen LogP) is 4.08. The van der Waals surface area contributed by atoms with E-state index in [4.69, 9.17) is 16.3 Å². The number of hydrogen-bond acceptors (Lipinski definition) is 4. The molecule has 0 aliphatic carbocycles. The van der Waals surface area contributed by atoms with Crippen molar-refractivity contribution in [2.24, 2.45) is 0 Å². The summed E-state index contributed by atoms with van der Waals surface area (Å²) in [6.45, 7) is 3.62. The van der Waals surface area contributed by atoms with Gasteiger partial charge in [-0.15, -0.1) is 0 Å². The summed E-state index contributed by atoms with van der Waals surface area (Å²) in [7, 11) is 0. The first kappa shape index (κ1) is 19.6. The molecule has 3 rings (SSSR count). The van der Waals surface area contributed by atoms with Crippen molar-refractivity contribution in [1.82, 2.24) is 9.78 Å². The molecule has 144 valence electrons. The maximum Gasteiger partial charge on any atom is 0.343 e. The van der Waals surface area contributed by atoms with Crippen LogP contribution < -0.4 is 5.32 Å². The van der Waals surface area contributed by atoms with Crippen LogP contribution in [-0.2, 0) is 16.1 Å². The van der Waals surface area contributed by atoms with Crippen molar-refractivity contribution in [2.75, 3.05) is 5.32 Å². The molecule has 28 heavy (non-hydrogen) atoms. The molecule has 0 aliphatic rings. The van der Waals surface area contributed by atoms with Gasteiger partial charge in [0, 0.05) is 5.69 Å². The molecule has 0 saturated heterocycles. The van der Waals surface area contributed by atoms with E-state index in [2.05, 4.69) is 10.4 Å². The normalized spacial score (nSPS) is 11.7. The average Bonchev–Trinajstić information content (AvgIpc) is 2.96. The lowest BCUT2D eigenvalue weighted by atomic mass is 10.2. The van der Waals surface area contributed by atoms with E-state index in [1.807, 2.05) is 36.4 Å². The smallest absolute Gasteiger partial charge is 0.343 e. The van der Waals surface area contributed by atoms with Crippen LogP contribution in [0.15, 0.2) is 60.7 Å². The number of esters is 1. The SMILES string of the molecule is Cc1nn(Cc2ccccc2)c(Cl)c1C(=O)OC(C)C(=O)Nc1ccccc1. The fraction of sp³-hybridized carbons (Fsp3) is 0.190. The Morgan fingerprint density at radius 1 is 1.11 bits per heavy atom. The number of para-hydroxylation sites is 1. The Morgan fingerprint density at radius 3 is 2.36 bits per heavy atom. The summed E-state index contributed by atoms with van der Waals surface area (Å²) in [5.41, 5.74) is 2.24. The standard InChI is InChI=1S/C21H20ClN3O3/c1-14-18(19(22)25(24-14)13-16-9-5-3-6-10-16)21(27)28-15(2)20(26)23-17-11-7-4-8-12-17/h3-12,15H,13H2,1-2H3,(H,23,26). The van der Waals surface area contributed by atoms with Gasteiger partial charge in [-0.1, -0.05) is 60.1 Å². The zero-order valence-electron chi connectivity index (χ0n) is 15.6. The van der Waals surface area contributed by atoms with E-state index in [9.17, 15) is 9.59 Å². The summed E-state index contributed by atoms with van der Waals surface area (Å²) in [5.74, 6) is -1.11. The molecule has 6 nitrogen and oxygen atoms in total. The molecular formula is C21H20ClN3O3. The molecule has 1 N–H and O–H groups in total. The van der Waals surface area contributed by atoms with Crippen LogP contribution >= 0.6 is 11.6 Å². The van der Waals surface area contributed by atoms with Gasteiger partial charge < -0.3 is 10.1 Å². The van der Waals surface area contributed by atoms with Gasteiger partial charge in [-0.25, -0.2) is 9.48 Å². The molecule has 1 aromatic heterocycles. The number of amides is 1. The molecule has 0 radical (unpaired) electrons. The number of aromatic nitrogens is 2. The van der Waals surface area contributed by atoms with E-state index in [1.165, 1.54) is 11.6 Å². The number of benzene rings is 2. The monoisotopic (exact) mass is 397 g/mol. The summed E-state index contributed by atoms with van der Waals surface area (Å²) in [6, 6.07) is 18.6. The third kappa shape index (κ3) is 4.58. The van der Waals surface area contributed by atoms with Crippen molar-refractivity contribution < 1.29 is 14.3 Å². The van der Waals surface area contributed by atoms with E-state index in [0.29, 0.717) is 17.9 Å². The van der Waals surface area contributed by atoms with Crippen LogP contribution in [-0.4, -0.2) is 27.8 Å². The van der Waals surface area contributed by atoms with E-state index >= 15 is 0 Å². The fourth-order valence-corrected chi connectivity index (χ4v) is 3.00. The Balaban J connectivity index is 1.69. The number of carbonyl (C=O) groups is 2. The highest BCUT2D eigenvalue weighted by Crippen LogP contribution is 2.22. The summed E-state index contributed by atoms with van der Waals surface area (Å²) >= 11 is 6.37. The summed E-state index contributed by atoms with van der Waals surface area (Å²) in [4.78, 5) is 24.8. The molecule has 1 heterocycles. The third-order valence-corrected chi connectivity index (χ3v) is 4.52. The number of nitrogens with one attached hydrogen (secondary N) is 1.